The Labute approximate surface area is 175 Å². The average molecular weight is 406 g/mol. The van der Waals surface area contributed by atoms with Gasteiger partial charge in [-0.3, -0.25) is 14.5 Å². The van der Waals surface area contributed by atoms with Gasteiger partial charge in [-0.05, 0) is 25.3 Å². The van der Waals surface area contributed by atoms with E-state index in [4.69, 9.17) is 5.10 Å². The Kier molecular flexibility index (Phi) is 4.81. The number of benzene rings is 1. The van der Waals surface area contributed by atoms with Gasteiger partial charge in [-0.1, -0.05) is 18.2 Å². The molecule has 2 amide bonds. The Morgan fingerprint density at radius 1 is 0.967 bits per heavy atom. The van der Waals surface area contributed by atoms with Crippen LogP contribution in [0.5, 0.6) is 0 Å². The number of hydrogen-bond donors (Lipinski definition) is 0. The topological polar surface area (TPSA) is 63.4 Å². The largest absolute Gasteiger partial charge is 0.350 e. The van der Waals surface area contributed by atoms with E-state index in [-0.39, 0.29) is 18.2 Å². The van der Waals surface area contributed by atoms with E-state index in [1.807, 2.05) is 39.7 Å². The van der Waals surface area contributed by atoms with Crippen molar-refractivity contribution < 1.29 is 9.59 Å². The first-order valence-corrected chi connectivity index (χ1v) is 10.8. The minimum absolute atomic E-state index is 0.00728. The van der Waals surface area contributed by atoms with E-state index < -0.39 is 0 Å². The maximum atomic E-state index is 13.0. The number of amides is 2. The number of aryl methyl sites for hydroxylation is 2. The second-order valence-electron chi connectivity index (χ2n) is 8.27. The lowest BCUT2D eigenvalue weighted by Gasteiger charge is -2.27. The number of hydrogen-bond acceptors (Lipinski definition) is 3. The third-order valence-corrected chi connectivity index (χ3v) is 6.27. The lowest BCUT2D eigenvalue weighted by molar-refractivity contribution is -0.132. The monoisotopic (exact) mass is 405 g/mol. The molecule has 0 bridgehead atoms. The van der Waals surface area contributed by atoms with Crippen LogP contribution in [0, 0.1) is 0 Å². The summed E-state index contributed by atoms with van der Waals surface area (Å²) in [6, 6.07) is 10.3. The number of rotatable bonds is 4. The average Bonchev–Trinajstić information content (AvgIpc) is 3.50. The third kappa shape index (κ3) is 3.28. The summed E-state index contributed by atoms with van der Waals surface area (Å²) < 4.78 is 4.04. The fraction of sp³-hybridized carbons (Fsp3) is 0.435. The van der Waals surface area contributed by atoms with Crippen molar-refractivity contribution >= 4 is 28.5 Å². The second-order valence-corrected chi connectivity index (χ2v) is 8.27. The first-order chi connectivity index (χ1) is 14.6. The van der Waals surface area contributed by atoms with Gasteiger partial charge in [0.15, 0.2) is 0 Å². The summed E-state index contributed by atoms with van der Waals surface area (Å²) in [6.07, 6.45) is 5.66. The van der Waals surface area contributed by atoms with E-state index >= 15 is 0 Å². The van der Waals surface area contributed by atoms with Gasteiger partial charge in [0.1, 0.15) is 5.82 Å². The zero-order valence-corrected chi connectivity index (χ0v) is 17.4. The summed E-state index contributed by atoms with van der Waals surface area (Å²) in [6.45, 7) is 3.14. The van der Waals surface area contributed by atoms with Gasteiger partial charge in [0, 0.05) is 74.8 Å². The van der Waals surface area contributed by atoms with Gasteiger partial charge in [-0.25, -0.2) is 4.68 Å². The molecule has 0 N–H and O–H groups in total. The second kappa shape index (κ2) is 7.63. The van der Waals surface area contributed by atoms with Gasteiger partial charge in [0.05, 0.1) is 5.69 Å². The lowest BCUT2D eigenvalue weighted by Crippen LogP contribution is -2.38. The van der Waals surface area contributed by atoms with Crippen LogP contribution in [0.25, 0.3) is 22.2 Å². The van der Waals surface area contributed by atoms with E-state index in [9.17, 15) is 9.59 Å². The molecule has 0 unspecified atom stereocenters. The summed E-state index contributed by atoms with van der Waals surface area (Å²) in [4.78, 5) is 29.0. The molecule has 5 rings (SSSR count). The van der Waals surface area contributed by atoms with Gasteiger partial charge in [0.25, 0.3) is 0 Å². The highest BCUT2D eigenvalue weighted by Gasteiger charge is 2.27. The van der Waals surface area contributed by atoms with Crippen LogP contribution in [0.3, 0.4) is 0 Å². The molecule has 0 spiro atoms. The van der Waals surface area contributed by atoms with Gasteiger partial charge in [0.2, 0.25) is 11.8 Å². The van der Waals surface area contributed by atoms with Crippen LogP contribution in [0.4, 0.5) is 5.82 Å². The number of aromatic nitrogens is 3. The molecule has 30 heavy (non-hydrogen) atoms. The molecule has 1 aromatic carbocycles. The molecule has 0 radical (unpaired) electrons. The third-order valence-electron chi connectivity index (χ3n) is 6.27. The van der Waals surface area contributed by atoms with Gasteiger partial charge in [-0.15, -0.1) is 0 Å². The van der Waals surface area contributed by atoms with Crippen LogP contribution >= 0.6 is 0 Å². The number of carbonyl (C=O) groups excluding carboxylic acids is 2. The first-order valence-electron chi connectivity index (χ1n) is 10.8. The molecule has 2 aromatic heterocycles. The maximum Gasteiger partial charge on any atom is 0.228 e. The highest BCUT2D eigenvalue weighted by Crippen LogP contribution is 2.33. The fourth-order valence-electron chi connectivity index (χ4n) is 4.69. The smallest absolute Gasteiger partial charge is 0.228 e. The van der Waals surface area contributed by atoms with Crippen molar-refractivity contribution in [1.82, 2.24) is 19.2 Å². The van der Waals surface area contributed by atoms with Crippen LogP contribution < -0.4 is 4.90 Å². The molecule has 0 atom stereocenters. The summed E-state index contributed by atoms with van der Waals surface area (Å²) in [5.74, 6) is 0.943. The molecule has 1 fully saturated rings. The molecule has 1 saturated heterocycles. The van der Waals surface area contributed by atoms with Crippen LogP contribution in [-0.4, -0.2) is 50.7 Å². The summed E-state index contributed by atoms with van der Waals surface area (Å²) >= 11 is 0. The predicted molar refractivity (Wildman–Crippen MR) is 116 cm³/mol. The summed E-state index contributed by atoms with van der Waals surface area (Å²) in [5, 5.41) is 5.97. The van der Waals surface area contributed by atoms with Crippen molar-refractivity contribution in [3.8, 4) is 11.3 Å². The normalized spacial score (nSPS) is 16.3. The molecule has 0 saturated carbocycles. The van der Waals surface area contributed by atoms with Gasteiger partial charge >= 0.3 is 0 Å². The SMILES string of the molecule is Cn1cc(-c2cc3n(n2)CCCN3C(=O)CCC(=O)N2CCCC2)c2ccccc21. The van der Waals surface area contributed by atoms with Crippen molar-refractivity contribution in [3.05, 3.63) is 36.5 Å². The maximum absolute atomic E-state index is 13.0. The van der Waals surface area contributed by atoms with E-state index in [1.54, 1.807) is 0 Å². The van der Waals surface area contributed by atoms with Crippen molar-refractivity contribution in [3.63, 3.8) is 0 Å². The molecular formula is C23H27N5O2. The zero-order valence-electron chi connectivity index (χ0n) is 17.4. The molecule has 3 aromatic rings. The van der Waals surface area contributed by atoms with Crippen LogP contribution in [0.1, 0.15) is 32.1 Å². The van der Waals surface area contributed by atoms with Crippen molar-refractivity contribution in [2.75, 3.05) is 24.5 Å². The Hall–Kier alpha value is -3.09. The highest BCUT2D eigenvalue weighted by atomic mass is 16.2. The molecule has 2 aliphatic rings. The predicted octanol–water partition coefficient (Wildman–Crippen LogP) is 3.18. The molecule has 7 nitrogen and oxygen atoms in total. The molecule has 156 valence electrons. The van der Waals surface area contributed by atoms with E-state index in [2.05, 4.69) is 22.9 Å². The molecular weight excluding hydrogens is 378 g/mol. The molecule has 0 aliphatic carbocycles. The number of likely N-dealkylation sites (tertiary alicyclic amines) is 1. The number of carbonyl (C=O) groups is 2. The van der Waals surface area contributed by atoms with E-state index in [0.29, 0.717) is 13.0 Å². The first kappa shape index (κ1) is 18.9. The Bertz CT molecular complexity index is 1110. The zero-order chi connectivity index (χ0) is 20.7. The minimum atomic E-state index is 0.00728. The Morgan fingerprint density at radius 2 is 1.73 bits per heavy atom. The van der Waals surface area contributed by atoms with Crippen LogP contribution in [0.2, 0.25) is 0 Å². The van der Waals surface area contributed by atoms with Gasteiger partial charge in [-0.2, -0.15) is 5.10 Å². The summed E-state index contributed by atoms with van der Waals surface area (Å²) in [5.41, 5.74) is 3.12. The summed E-state index contributed by atoms with van der Waals surface area (Å²) in [7, 11) is 2.04. The number of fused-ring (bicyclic) bond motifs is 2. The Balaban J connectivity index is 1.37. The minimum Gasteiger partial charge on any atom is -0.350 e. The number of para-hydroxylation sites is 1. The number of nitrogens with zero attached hydrogens (tertiary/aromatic N) is 5. The quantitative estimate of drug-likeness (QED) is 0.670. The standard InChI is InChI=1S/C23H27N5O2/c1-25-16-18(17-7-2-3-8-20(17)25)19-15-21-27(13-6-14-28(21)24-19)23(30)10-9-22(29)26-11-4-5-12-26/h2-3,7-8,15-16H,4-6,9-14H2,1H3. The Morgan fingerprint density at radius 3 is 2.57 bits per heavy atom. The van der Waals surface area contributed by atoms with Crippen molar-refractivity contribution in [2.45, 2.75) is 38.6 Å². The van der Waals surface area contributed by atoms with E-state index in [0.717, 1.165) is 66.9 Å². The highest BCUT2D eigenvalue weighted by molar-refractivity contribution is 5.98. The molecule has 7 heteroatoms. The van der Waals surface area contributed by atoms with Crippen LogP contribution in [-0.2, 0) is 23.2 Å². The van der Waals surface area contributed by atoms with Crippen molar-refractivity contribution in [1.29, 1.82) is 0 Å². The molecule has 2 aliphatic heterocycles. The van der Waals surface area contributed by atoms with Crippen molar-refractivity contribution in [2.24, 2.45) is 7.05 Å². The van der Waals surface area contributed by atoms with Gasteiger partial charge < -0.3 is 9.47 Å². The van der Waals surface area contributed by atoms with Crippen LogP contribution in [0.15, 0.2) is 36.5 Å². The van der Waals surface area contributed by atoms with E-state index in [1.165, 1.54) is 0 Å². The lowest BCUT2D eigenvalue weighted by atomic mass is 10.1. The molecule has 4 heterocycles. The fourth-order valence-corrected chi connectivity index (χ4v) is 4.69. The number of anilines is 1.